The maximum Gasteiger partial charge on any atom is 0.227 e. The van der Waals surface area contributed by atoms with Gasteiger partial charge in [0, 0.05) is 32.8 Å². The molecule has 244 valence electrons. The van der Waals surface area contributed by atoms with E-state index in [0.29, 0.717) is 5.89 Å². The third-order valence-corrected chi connectivity index (χ3v) is 10.1. The van der Waals surface area contributed by atoms with E-state index in [4.69, 9.17) is 18.2 Å². The maximum atomic E-state index is 6.86. The smallest absolute Gasteiger partial charge is 0.227 e. The van der Waals surface area contributed by atoms with Crippen molar-refractivity contribution < 1.29 is 13.3 Å². The molecule has 8 aromatic carbocycles. The van der Waals surface area contributed by atoms with Gasteiger partial charge >= 0.3 is 0 Å². The largest absolute Gasteiger partial charge is 0.455 e. The Morgan fingerprint density at radius 1 is 0.404 bits per heavy atom. The molecule has 11 aromatic rings. The summed E-state index contributed by atoms with van der Waals surface area (Å²) in [6.45, 7) is 0. The molecule has 5 heteroatoms. The van der Waals surface area contributed by atoms with E-state index in [2.05, 4.69) is 126 Å². The topological polar surface area (TPSA) is 55.6 Å². The number of hydrogen-bond donors (Lipinski definition) is 0. The lowest BCUT2D eigenvalue weighted by Gasteiger charge is -2.27. The number of furan rings is 2. The monoisotopic (exact) mass is 668 g/mol. The van der Waals surface area contributed by atoms with Gasteiger partial charge in [0.2, 0.25) is 5.89 Å². The molecule has 0 fully saturated rings. The first-order chi connectivity index (χ1) is 25.8. The maximum absolute atomic E-state index is 6.86. The fourth-order valence-electron chi connectivity index (χ4n) is 7.64. The molecule has 0 N–H and O–H groups in total. The van der Waals surface area contributed by atoms with E-state index in [0.717, 1.165) is 93.9 Å². The van der Waals surface area contributed by atoms with Crippen LogP contribution >= 0.6 is 0 Å². The number of anilines is 3. The van der Waals surface area contributed by atoms with Gasteiger partial charge in [-0.1, -0.05) is 109 Å². The van der Waals surface area contributed by atoms with Gasteiger partial charge in [0.05, 0.1) is 16.8 Å². The number of nitrogens with zero attached hydrogens (tertiary/aromatic N) is 2. The molecule has 0 aliphatic carbocycles. The summed E-state index contributed by atoms with van der Waals surface area (Å²) in [5, 5.41) is 6.28. The van der Waals surface area contributed by atoms with Gasteiger partial charge in [-0.25, -0.2) is 4.98 Å². The number of hydrogen-bond acceptors (Lipinski definition) is 5. The Hall–Kier alpha value is -7.11. The Bertz CT molecular complexity index is 3100. The first kappa shape index (κ1) is 28.7. The highest BCUT2D eigenvalue weighted by atomic mass is 16.4. The third-order valence-electron chi connectivity index (χ3n) is 10.1. The second kappa shape index (κ2) is 11.2. The second-order valence-corrected chi connectivity index (χ2v) is 13.1. The highest BCUT2D eigenvalue weighted by Gasteiger charge is 2.25. The zero-order chi connectivity index (χ0) is 34.2. The van der Waals surface area contributed by atoms with Crippen LogP contribution in [-0.2, 0) is 0 Å². The third kappa shape index (κ3) is 4.39. The Balaban J connectivity index is 1.19. The lowest BCUT2D eigenvalue weighted by atomic mass is 10.0. The van der Waals surface area contributed by atoms with E-state index in [1.807, 2.05) is 48.5 Å². The standard InChI is InChI=1S/C47H28N2O3/c1-2-11-29(12-3-1)30-21-24-33(25-22-30)49(39-18-10-16-36-35-15-6-8-19-41(35)50-45(36)39)40-27-31-13-4-5-14-34(31)46-44(40)37-26-23-32(28-43(37)51-46)47-48-38-17-7-9-20-42(38)52-47/h1-28H. The van der Waals surface area contributed by atoms with Crippen molar-refractivity contribution in [3.8, 4) is 22.6 Å². The minimum absolute atomic E-state index is 0.560. The Labute approximate surface area is 297 Å². The van der Waals surface area contributed by atoms with Crippen LogP contribution in [0.25, 0.3) is 88.3 Å². The van der Waals surface area contributed by atoms with Crippen LogP contribution in [0, 0.1) is 0 Å². The van der Waals surface area contributed by atoms with Gasteiger partial charge in [0.1, 0.15) is 22.3 Å². The second-order valence-electron chi connectivity index (χ2n) is 13.1. The molecule has 0 unspecified atom stereocenters. The molecule has 0 saturated heterocycles. The Kier molecular flexibility index (Phi) is 6.18. The fourth-order valence-corrected chi connectivity index (χ4v) is 7.64. The molecular weight excluding hydrogens is 641 g/mol. The molecule has 3 aromatic heterocycles. The fraction of sp³-hybridized carbons (Fsp3) is 0. The summed E-state index contributed by atoms with van der Waals surface area (Å²) in [4.78, 5) is 7.08. The number of oxazole rings is 1. The van der Waals surface area contributed by atoms with E-state index in [1.165, 1.54) is 5.56 Å². The lowest BCUT2D eigenvalue weighted by Crippen LogP contribution is -2.11. The molecule has 0 radical (unpaired) electrons. The quantitative estimate of drug-likeness (QED) is 0.183. The summed E-state index contributed by atoms with van der Waals surface area (Å²) in [6, 6.07) is 58.6. The van der Waals surface area contributed by atoms with Gasteiger partial charge in [-0.2, -0.15) is 0 Å². The molecule has 0 saturated carbocycles. The number of rotatable bonds is 5. The summed E-state index contributed by atoms with van der Waals surface area (Å²) >= 11 is 0. The zero-order valence-electron chi connectivity index (χ0n) is 27.8. The summed E-state index contributed by atoms with van der Waals surface area (Å²) in [6.07, 6.45) is 0. The molecular formula is C47H28N2O3. The number of benzene rings is 8. The van der Waals surface area contributed by atoms with Gasteiger partial charge in [-0.3, -0.25) is 0 Å². The van der Waals surface area contributed by atoms with Crippen LogP contribution in [0.5, 0.6) is 0 Å². The SMILES string of the molecule is c1ccc(-c2ccc(N(c3cccc4c3oc3ccccc34)c3cc4ccccc4c4oc5cc(-c6nc7ccccc7o6)ccc5c34)cc2)cc1. The van der Waals surface area contributed by atoms with Crippen LogP contribution in [0.3, 0.4) is 0 Å². The van der Waals surface area contributed by atoms with Crippen molar-refractivity contribution in [2.24, 2.45) is 0 Å². The van der Waals surface area contributed by atoms with Gasteiger partial charge in [-0.05, 0) is 77.2 Å². The number of para-hydroxylation sites is 4. The van der Waals surface area contributed by atoms with Crippen molar-refractivity contribution in [1.29, 1.82) is 0 Å². The predicted octanol–water partition coefficient (Wildman–Crippen LogP) is 13.6. The molecule has 0 aliphatic rings. The Morgan fingerprint density at radius 2 is 1.10 bits per heavy atom. The van der Waals surface area contributed by atoms with Crippen molar-refractivity contribution in [2.45, 2.75) is 0 Å². The van der Waals surface area contributed by atoms with E-state index in [1.54, 1.807) is 0 Å². The van der Waals surface area contributed by atoms with Crippen LogP contribution in [0.2, 0.25) is 0 Å². The van der Waals surface area contributed by atoms with Crippen LogP contribution in [0.4, 0.5) is 17.1 Å². The van der Waals surface area contributed by atoms with E-state index in [9.17, 15) is 0 Å². The highest BCUT2D eigenvalue weighted by molar-refractivity contribution is 6.23. The first-order valence-corrected chi connectivity index (χ1v) is 17.4. The summed E-state index contributed by atoms with van der Waals surface area (Å²) in [5.74, 6) is 0.560. The van der Waals surface area contributed by atoms with Gasteiger partial charge in [-0.15, -0.1) is 0 Å². The molecule has 52 heavy (non-hydrogen) atoms. The highest BCUT2D eigenvalue weighted by Crippen LogP contribution is 2.49. The van der Waals surface area contributed by atoms with E-state index in [-0.39, 0.29) is 0 Å². The molecule has 0 spiro atoms. The minimum atomic E-state index is 0.560. The van der Waals surface area contributed by atoms with E-state index < -0.39 is 0 Å². The summed E-state index contributed by atoms with van der Waals surface area (Å²) in [5.41, 5.74) is 10.9. The van der Waals surface area contributed by atoms with Crippen LogP contribution in [0.15, 0.2) is 183 Å². The molecule has 0 aliphatic heterocycles. The normalized spacial score (nSPS) is 11.8. The minimum Gasteiger partial charge on any atom is -0.455 e. The van der Waals surface area contributed by atoms with Gasteiger partial charge in [0.25, 0.3) is 0 Å². The zero-order valence-corrected chi connectivity index (χ0v) is 27.8. The molecule has 0 atom stereocenters. The first-order valence-electron chi connectivity index (χ1n) is 17.4. The van der Waals surface area contributed by atoms with Crippen molar-refractivity contribution >= 4 is 82.8 Å². The van der Waals surface area contributed by atoms with Crippen molar-refractivity contribution in [3.63, 3.8) is 0 Å². The van der Waals surface area contributed by atoms with Gasteiger partial charge < -0.3 is 18.2 Å². The van der Waals surface area contributed by atoms with Crippen LogP contribution in [-0.4, -0.2) is 4.98 Å². The summed E-state index contributed by atoms with van der Waals surface area (Å²) in [7, 11) is 0. The van der Waals surface area contributed by atoms with Crippen LogP contribution < -0.4 is 4.90 Å². The Morgan fingerprint density at radius 3 is 1.96 bits per heavy atom. The van der Waals surface area contributed by atoms with Crippen molar-refractivity contribution in [2.75, 3.05) is 4.90 Å². The average Bonchev–Trinajstić information content (AvgIpc) is 3.93. The molecule has 11 rings (SSSR count). The number of aromatic nitrogens is 1. The van der Waals surface area contributed by atoms with Crippen LogP contribution in [0.1, 0.15) is 0 Å². The number of fused-ring (bicyclic) bond motifs is 9. The van der Waals surface area contributed by atoms with E-state index >= 15 is 0 Å². The lowest BCUT2D eigenvalue weighted by molar-refractivity contribution is 0.619. The molecule has 5 nitrogen and oxygen atoms in total. The molecule has 0 bridgehead atoms. The molecule has 3 heterocycles. The average molecular weight is 669 g/mol. The summed E-state index contributed by atoms with van der Waals surface area (Å²) < 4.78 is 19.7. The van der Waals surface area contributed by atoms with Crippen molar-refractivity contribution in [3.05, 3.63) is 170 Å². The molecule has 0 amide bonds. The predicted molar refractivity (Wildman–Crippen MR) is 212 cm³/mol. The van der Waals surface area contributed by atoms with Crippen molar-refractivity contribution in [1.82, 2.24) is 4.98 Å². The van der Waals surface area contributed by atoms with Gasteiger partial charge in [0.15, 0.2) is 11.2 Å².